The van der Waals surface area contributed by atoms with Crippen LogP contribution in [0.5, 0.6) is 5.75 Å². The Morgan fingerprint density at radius 2 is 1.93 bits per heavy atom. The van der Waals surface area contributed by atoms with Crippen LogP contribution in [0.25, 0.3) is 11.4 Å². The fourth-order valence-corrected chi connectivity index (χ4v) is 3.53. The number of ether oxygens (including phenoxy) is 1. The van der Waals surface area contributed by atoms with Crippen LogP contribution in [0.3, 0.4) is 0 Å². The van der Waals surface area contributed by atoms with Crippen molar-refractivity contribution in [1.82, 2.24) is 15.0 Å². The predicted molar refractivity (Wildman–Crippen MR) is 105 cm³/mol. The first-order valence-corrected chi connectivity index (χ1v) is 9.59. The SMILES string of the molecule is Cc1ccccc1OCCCN1CCC(c2nc(-c3ccccc3)no2)C1. The van der Waals surface area contributed by atoms with Gasteiger partial charge in [-0.05, 0) is 37.9 Å². The lowest BCUT2D eigenvalue weighted by molar-refractivity contribution is 0.258. The van der Waals surface area contributed by atoms with Gasteiger partial charge in [-0.2, -0.15) is 4.98 Å². The van der Waals surface area contributed by atoms with Gasteiger partial charge in [0.1, 0.15) is 5.75 Å². The lowest BCUT2D eigenvalue weighted by Crippen LogP contribution is -2.23. The molecule has 0 radical (unpaired) electrons. The van der Waals surface area contributed by atoms with Crippen LogP contribution in [0.2, 0.25) is 0 Å². The quantitative estimate of drug-likeness (QED) is 0.586. The number of benzene rings is 2. The molecule has 0 aliphatic carbocycles. The molecule has 5 nitrogen and oxygen atoms in total. The molecular formula is C22H25N3O2. The van der Waals surface area contributed by atoms with Gasteiger partial charge >= 0.3 is 0 Å². The van der Waals surface area contributed by atoms with Crippen molar-refractivity contribution < 1.29 is 9.26 Å². The lowest BCUT2D eigenvalue weighted by atomic mass is 10.1. The van der Waals surface area contributed by atoms with Crippen molar-refractivity contribution in [3.63, 3.8) is 0 Å². The average Bonchev–Trinajstić information content (AvgIpc) is 3.37. The molecule has 1 unspecified atom stereocenters. The van der Waals surface area contributed by atoms with Crippen molar-refractivity contribution in [1.29, 1.82) is 0 Å². The van der Waals surface area contributed by atoms with Crippen molar-refractivity contribution in [3.8, 4) is 17.1 Å². The first-order chi connectivity index (χ1) is 13.3. The van der Waals surface area contributed by atoms with E-state index in [9.17, 15) is 0 Å². The van der Waals surface area contributed by atoms with Crippen LogP contribution in [0.15, 0.2) is 59.1 Å². The summed E-state index contributed by atoms with van der Waals surface area (Å²) < 4.78 is 11.4. The number of likely N-dealkylation sites (tertiary alicyclic amines) is 1. The summed E-state index contributed by atoms with van der Waals surface area (Å²) in [7, 11) is 0. The molecule has 0 spiro atoms. The van der Waals surface area contributed by atoms with Crippen molar-refractivity contribution in [2.75, 3.05) is 26.2 Å². The first kappa shape index (κ1) is 17.7. The predicted octanol–water partition coefficient (Wildman–Crippen LogP) is 4.30. The molecule has 1 atom stereocenters. The maximum absolute atomic E-state index is 5.89. The van der Waals surface area contributed by atoms with Crippen LogP contribution in [-0.2, 0) is 0 Å². The van der Waals surface area contributed by atoms with Crippen molar-refractivity contribution in [3.05, 3.63) is 66.1 Å². The zero-order valence-electron chi connectivity index (χ0n) is 15.7. The highest BCUT2D eigenvalue weighted by molar-refractivity contribution is 5.53. The van der Waals surface area contributed by atoms with Gasteiger partial charge in [-0.25, -0.2) is 0 Å². The van der Waals surface area contributed by atoms with Gasteiger partial charge in [0.2, 0.25) is 11.7 Å². The van der Waals surface area contributed by atoms with Crippen LogP contribution in [-0.4, -0.2) is 41.3 Å². The van der Waals surface area contributed by atoms with Gasteiger partial charge in [0.15, 0.2) is 0 Å². The molecule has 1 aromatic heterocycles. The monoisotopic (exact) mass is 363 g/mol. The minimum Gasteiger partial charge on any atom is -0.493 e. The minimum absolute atomic E-state index is 0.326. The standard InChI is InChI=1S/C22H25N3O2/c1-17-8-5-6-11-20(17)26-15-7-13-25-14-12-19(16-25)22-23-21(24-27-22)18-9-3-2-4-10-18/h2-6,8-11,19H,7,12-16H2,1H3. The molecule has 2 aromatic carbocycles. The molecule has 27 heavy (non-hydrogen) atoms. The van der Waals surface area contributed by atoms with Crippen molar-refractivity contribution in [2.24, 2.45) is 0 Å². The number of aromatic nitrogens is 2. The van der Waals surface area contributed by atoms with E-state index < -0.39 is 0 Å². The summed E-state index contributed by atoms with van der Waals surface area (Å²) in [5, 5.41) is 4.15. The molecule has 4 rings (SSSR count). The van der Waals surface area contributed by atoms with E-state index in [-0.39, 0.29) is 0 Å². The van der Waals surface area contributed by atoms with E-state index in [0.29, 0.717) is 11.7 Å². The zero-order valence-corrected chi connectivity index (χ0v) is 15.7. The van der Waals surface area contributed by atoms with Crippen molar-refractivity contribution >= 4 is 0 Å². The third-order valence-electron chi connectivity index (χ3n) is 5.07. The van der Waals surface area contributed by atoms with Crippen molar-refractivity contribution in [2.45, 2.75) is 25.7 Å². The molecule has 1 fully saturated rings. The van der Waals surface area contributed by atoms with Gasteiger partial charge in [0.05, 0.1) is 12.5 Å². The topological polar surface area (TPSA) is 51.4 Å². The summed E-state index contributed by atoms with van der Waals surface area (Å²) in [5.41, 5.74) is 2.18. The number of para-hydroxylation sites is 1. The Hall–Kier alpha value is -2.66. The van der Waals surface area contributed by atoms with Crippen LogP contribution in [0, 0.1) is 6.92 Å². The summed E-state index contributed by atoms with van der Waals surface area (Å²) in [6, 6.07) is 18.1. The molecular weight excluding hydrogens is 338 g/mol. The third-order valence-corrected chi connectivity index (χ3v) is 5.07. The molecule has 0 N–H and O–H groups in total. The molecule has 1 saturated heterocycles. The highest BCUT2D eigenvalue weighted by atomic mass is 16.5. The number of aryl methyl sites for hydroxylation is 1. The van der Waals surface area contributed by atoms with Gasteiger partial charge in [-0.3, -0.25) is 0 Å². The third kappa shape index (κ3) is 4.37. The molecule has 1 aliphatic heterocycles. The highest BCUT2D eigenvalue weighted by Gasteiger charge is 2.28. The number of rotatable bonds is 7. The van der Waals surface area contributed by atoms with E-state index in [2.05, 4.69) is 28.0 Å². The summed E-state index contributed by atoms with van der Waals surface area (Å²) in [4.78, 5) is 7.07. The minimum atomic E-state index is 0.326. The second-order valence-corrected chi connectivity index (χ2v) is 7.08. The van der Waals surface area contributed by atoms with E-state index in [1.54, 1.807) is 0 Å². The second-order valence-electron chi connectivity index (χ2n) is 7.08. The highest BCUT2D eigenvalue weighted by Crippen LogP contribution is 2.27. The summed E-state index contributed by atoms with van der Waals surface area (Å²) >= 11 is 0. The van der Waals surface area contributed by atoms with E-state index in [1.807, 2.05) is 48.5 Å². The van der Waals surface area contributed by atoms with E-state index >= 15 is 0 Å². The summed E-state index contributed by atoms with van der Waals surface area (Å²) in [6.45, 7) is 5.89. The maximum Gasteiger partial charge on any atom is 0.231 e. The second kappa shape index (κ2) is 8.35. The number of hydrogen-bond acceptors (Lipinski definition) is 5. The normalized spacial score (nSPS) is 17.3. The molecule has 2 heterocycles. The smallest absolute Gasteiger partial charge is 0.231 e. The summed E-state index contributed by atoms with van der Waals surface area (Å²) in [6.07, 6.45) is 2.08. The van der Waals surface area contributed by atoms with Crippen LogP contribution < -0.4 is 4.74 Å². The Balaban J connectivity index is 1.25. The molecule has 0 saturated carbocycles. The van der Waals surface area contributed by atoms with Crippen LogP contribution >= 0.6 is 0 Å². The fraction of sp³-hybridized carbons (Fsp3) is 0.364. The molecule has 0 bridgehead atoms. The van der Waals surface area contributed by atoms with E-state index in [1.165, 1.54) is 5.56 Å². The van der Waals surface area contributed by atoms with Gasteiger partial charge in [0.25, 0.3) is 0 Å². The van der Waals surface area contributed by atoms with Gasteiger partial charge in [-0.15, -0.1) is 0 Å². The van der Waals surface area contributed by atoms with Gasteiger partial charge < -0.3 is 14.2 Å². The fourth-order valence-electron chi connectivity index (χ4n) is 3.53. The lowest BCUT2D eigenvalue weighted by Gasteiger charge is -2.15. The average molecular weight is 363 g/mol. The van der Waals surface area contributed by atoms with E-state index in [4.69, 9.17) is 9.26 Å². The number of hydrogen-bond donors (Lipinski definition) is 0. The molecule has 5 heteroatoms. The number of nitrogens with zero attached hydrogens (tertiary/aromatic N) is 3. The van der Waals surface area contributed by atoms with Crippen LogP contribution in [0.4, 0.5) is 0 Å². The Kier molecular flexibility index (Phi) is 5.49. The Morgan fingerprint density at radius 3 is 2.78 bits per heavy atom. The molecule has 140 valence electrons. The molecule has 1 aliphatic rings. The Morgan fingerprint density at radius 1 is 1.11 bits per heavy atom. The molecule has 0 amide bonds. The molecule has 3 aromatic rings. The van der Waals surface area contributed by atoms with E-state index in [0.717, 1.165) is 56.3 Å². The van der Waals surface area contributed by atoms with Gasteiger partial charge in [-0.1, -0.05) is 53.7 Å². The Bertz CT molecular complexity index is 863. The van der Waals surface area contributed by atoms with Crippen LogP contribution in [0.1, 0.15) is 30.2 Å². The maximum atomic E-state index is 5.89. The van der Waals surface area contributed by atoms with Gasteiger partial charge in [0, 0.05) is 18.7 Å². The largest absolute Gasteiger partial charge is 0.493 e. The Labute approximate surface area is 160 Å². The first-order valence-electron chi connectivity index (χ1n) is 9.59. The zero-order chi connectivity index (χ0) is 18.5. The summed E-state index contributed by atoms with van der Waals surface area (Å²) in [5.74, 6) is 2.74.